The molecule has 5 nitrogen and oxygen atoms in total. The molecular formula is C21H27N3O2. The summed E-state index contributed by atoms with van der Waals surface area (Å²) in [6.45, 7) is 5.85. The van der Waals surface area contributed by atoms with Gasteiger partial charge in [-0.15, -0.1) is 0 Å². The molecule has 26 heavy (non-hydrogen) atoms. The van der Waals surface area contributed by atoms with Crippen molar-refractivity contribution in [3.05, 3.63) is 35.4 Å². The van der Waals surface area contributed by atoms with Crippen molar-refractivity contribution in [1.82, 2.24) is 9.80 Å². The average Bonchev–Trinajstić information content (AvgIpc) is 3.29. The second kappa shape index (κ2) is 7.38. The zero-order chi connectivity index (χ0) is 18.0. The lowest BCUT2D eigenvalue weighted by Gasteiger charge is -2.36. The number of benzene rings is 1. The summed E-state index contributed by atoms with van der Waals surface area (Å²) in [5, 5.41) is 8.94. The lowest BCUT2D eigenvalue weighted by molar-refractivity contribution is -0.143. The number of hydrogen-bond acceptors (Lipinski definition) is 4. The predicted octanol–water partition coefficient (Wildman–Crippen LogP) is 2.41. The summed E-state index contributed by atoms with van der Waals surface area (Å²) in [5.74, 6) is 0.553. The zero-order valence-corrected chi connectivity index (χ0v) is 15.3. The Kier molecular flexibility index (Phi) is 4.97. The Morgan fingerprint density at radius 2 is 1.96 bits per heavy atom. The second-order valence-electron chi connectivity index (χ2n) is 8.01. The third-order valence-electron chi connectivity index (χ3n) is 6.48. The van der Waals surface area contributed by atoms with Crippen LogP contribution in [0.15, 0.2) is 24.3 Å². The van der Waals surface area contributed by atoms with Gasteiger partial charge in [0.05, 0.1) is 24.8 Å². The summed E-state index contributed by atoms with van der Waals surface area (Å²) < 4.78 is 5.41. The van der Waals surface area contributed by atoms with Gasteiger partial charge in [-0.3, -0.25) is 9.69 Å². The van der Waals surface area contributed by atoms with Gasteiger partial charge < -0.3 is 9.64 Å². The summed E-state index contributed by atoms with van der Waals surface area (Å²) in [7, 11) is 0. The quantitative estimate of drug-likeness (QED) is 0.837. The lowest BCUT2D eigenvalue weighted by atomic mass is 9.76. The highest BCUT2D eigenvalue weighted by Crippen LogP contribution is 2.50. The maximum absolute atomic E-state index is 13.1. The second-order valence-corrected chi connectivity index (χ2v) is 8.01. The van der Waals surface area contributed by atoms with E-state index in [9.17, 15) is 4.79 Å². The van der Waals surface area contributed by atoms with E-state index in [-0.39, 0.29) is 11.3 Å². The largest absolute Gasteiger partial charge is 0.378 e. The molecule has 3 aliphatic rings. The Morgan fingerprint density at radius 3 is 2.69 bits per heavy atom. The molecule has 1 aliphatic carbocycles. The predicted molar refractivity (Wildman–Crippen MR) is 98.2 cm³/mol. The maximum atomic E-state index is 13.1. The molecule has 0 aromatic heterocycles. The van der Waals surface area contributed by atoms with Crippen LogP contribution in [-0.2, 0) is 16.1 Å². The van der Waals surface area contributed by atoms with E-state index >= 15 is 0 Å². The van der Waals surface area contributed by atoms with E-state index in [2.05, 4.69) is 23.1 Å². The number of likely N-dealkylation sites (tertiary alicyclic amines) is 1. The van der Waals surface area contributed by atoms with Crippen molar-refractivity contribution in [2.75, 3.05) is 39.4 Å². The number of ether oxygens (including phenoxy) is 1. The summed E-state index contributed by atoms with van der Waals surface area (Å²) in [6, 6.07) is 10.1. The van der Waals surface area contributed by atoms with Crippen molar-refractivity contribution >= 4 is 5.91 Å². The number of amides is 1. The first-order valence-electron chi connectivity index (χ1n) is 9.78. The molecule has 2 saturated heterocycles. The average molecular weight is 353 g/mol. The Bertz CT molecular complexity index is 690. The van der Waals surface area contributed by atoms with Crippen LogP contribution in [0.1, 0.15) is 36.8 Å². The van der Waals surface area contributed by atoms with Gasteiger partial charge in [0, 0.05) is 32.1 Å². The van der Waals surface area contributed by atoms with Crippen molar-refractivity contribution in [1.29, 1.82) is 5.26 Å². The van der Waals surface area contributed by atoms with E-state index in [1.54, 1.807) is 0 Å². The number of carbonyl (C=O) groups excluding carboxylic acids is 1. The van der Waals surface area contributed by atoms with Crippen molar-refractivity contribution in [3.63, 3.8) is 0 Å². The highest BCUT2D eigenvalue weighted by Gasteiger charge is 2.51. The van der Waals surface area contributed by atoms with E-state index in [0.29, 0.717) is 24.7 Å². The van der Waals surface area contributed by atoms with Crippen molar-refractivity contribution < 1.29 is 9.53 Å². The number of rotatable bonds is 3. The molecule has 2 heterocycles. The highest BCUT2D eigenvalue weighted by molar-refractivity contribution is 5.80. The third-order valence-corrected chi connectivity index (χ3v) is 6.48. The van der Waals surface area contributed by atoms with Crippen molar-refractivity contribution in [3.8, 4) is 6.07 Å². The van der Waals surface area contributed by atoms with Crippen molar-refractivity contribution in [2.24, 2.45) is 11.3 Å². The van der Waals surface area contributed by atoms with Crippen LogP contribution in [-0.4, -0.2) is 55.1 Å². The lowest BCUT2D eigenvalue weighted by Crippen LogP contribution is -2.47. The summed E-state index contributed by atoms with van der Waals surface area (Å²) in [4.78, 5) is 17.6. The van der Waals surface area contributed by atoms with Gasteiger partial charge in [-0.05, 0) is 48.9 Å². The molecule has 0 bridgehead atoms. The molecule has 2 atom stereocenters. The van der Waals surface area contributed by atoms with Gasteiger partial charge in [-0.25, -0.2) is 0 Å². The molecule has 0 N–H and O–H groups in total. The normalized spacial score (nSPS) is 29.2. The molecule has 2 aliphatic heterocycles. The number of nitriles is 1. The molecule has 5 heteroatoms. The van der Waals surface area contributed by atoms with Gasteiger partial charge in [0.25, 0.3) is 0 Å². The first kappa shape index (κ1) is 17.5. The molecule has 1 saturated carbocycles. The van der Waals surface area contributed by atoms with Crippen LogP contribution in [0, 0.1) is 22.7 Å². The Hall–Kier alpha value is -1.90. The Morgan fingerprint density at radius 1 is 1.19 bits per heavy atom. The fourth-order valence-electron chi connectivity index (χ4n) is 5.08. The fraction of sp³-hybridized carbons (Fsp3) is 0.619. The Labute approximate surface area is 155 Å². The highest BCUT2D eigenvalue weighted by atomic mass is 16.5. The standard InChI is InChI=1S/C21H27N3O2/c22-14-17-3-5-18(6-4-17)15-23-9-8-21(16-23)7-1-2-19(21)20(25)24-10-12-26-13-11-24/h3-6,19H,1-2,7-13,15-16H2/t19-,21-/m1/s1. The van der Waals surface area contributed by atoms with Gasteiger partial charge in [0.1, 0.15) is 0 Å². The third kappa shape index (κ3) is 3.36. The Balaban J connectivity index is 1.41. The number of morpholine rings is 1. The molecule has 1 spiro atoms. The minimum Gasteiger partial charge on any atom is -0.378 e. The van der Waals surface area contributed by atoms with E-state index in [1.807, 2.05) is 17.0 Å². The molecule has 4 rings (SSSR count). The number of carbonyl (C=O) groups is 1. The van der Waals surface area contributed by atoms with Gasteiger partial charge in [0.2, 0.25) is 5.91 Å². The zero-order valence-electron chi connectivity index (χ0n) is 15.3. The molecular weight excluding hydrogens is 326 g/mol. The number of hydrogen-bond donors (Lipinski definition) is 0. The first-order valence-corrected chi connectivity index (χ1v) is 9.78. The number of nitrogens with zero attached hydrogens (tertiary/aromatic N) is 3. The van der Waals surface area contributed by atoms with Crippen LogP contribution < -0.4 is 0 Å². The topological polar surface area (TPSA) is 56.6 Å². The van der Waals surface area contributed by atoms with Crippen LogP contribution in [0.4, 0.5) is 0 Å². The smallest absolute Gasteiger partial charge is 0.226 e. The van der Waals surface area contributed by atoms with E-state index < -0.39 is 0 Å². The summed E-state index contributed by atoms with van der Waals surface area (Å²) in [5.41, 5.74) is 2.12. The van der Waals surface area contributed by atoms with Crippen LogP contribution >= 0.6 is 0 Å². The van der Waals surface area contributed by atoms with Gasteiger partial charge in [0.15, 0.2) is 0 Å². The molecule has 1 aromatic carbocycles. The van der Waals surface area contributed by atoms with Crippen LogP contribution in [0.25, 0.3) is 0 Å². The van der Waals surface area contributed by atoms with E-state index in [4.69, 9.17) is 10.00 Å². The minimum absolute atomic E-state index is 0.169. The molecule has 0 unspecified atom stereocenters. The summed E-state index contributed by atoms with van der Waals surface area (Å²) >= 11 is 0. The maximum Gasteiger partial charge on any atom is 0.226 e. The monoisotopic (exact) mass is 353 g/mol. The molecule has 3 fully saturated rings. The van der Waals surface area contributed by atoms with E-state index in [0.717, 1.165) is 45.6 Å². The fourth-order valence-corrected chi connectivity index (χ4v) is 5.08. The molecule has 1 aromatic rings. The molecule has 1 amide bonds. The SMILES string of the molecule is N#Cc1ccc(CN2CC[C@]3(CCC[C@@H]3C(=O)N3CCOCC3)C2)cc1. The van der Waals surface area contributed by atoms with Gasteiger partial charge in [-0.1, -0.05) is 18.6 Å². The molecule has 138 valence electrons. The van der Waals surface area contributed by atoms with Crippen LogP contribution in [0.5, 0.6) is 0 Å². The van der Waals surface area contributed by atoms with Crippen LogP contribution in [0.2, 0.25) is 0 Å². The van der Waals surface area contributed by atoms with Gasteiger partial charge in [-0.2, -0.15) is 5.26 Å². The van der Waals surface area contributed by atoms with Crippen molar-refractivity contribution in [2.45, 2.75) is 32.2 Å². The van der Waals surface area contributed by atoms with Gasteiger partial charge >= 0.3 is 0 Å². The van der Waals surface area contributed by atoms with Crippen LogP contribution in [0.3, 0.4) is 0 Å². The van der Waals surface area contributed by atoms with E-state index in [1.165, 1.54) is 18.4 Å². The molecule has 0 radical (unpaired) electrons. The summed E-state index contributed by atoms with van der Waals surface area (Å²) in [6.07, 6.45) is 4.52. The minimum atomic E-state index is 0.169. The first-order chi connectivity index (χ1) is 12.7.